The molecule has 2 aromatic heterocycles. The average Bonchev–Trinajstić information content (AvgIpc) is 3.01. The third kappa shape index (κ3) is 3.49. The minimum Gasteiger partial charge on any atom is -0.461 e. The van der Waals surface area contributed by atoms with Crippen LogP contribution in [0.5, 0.6) is 6.01 Å². The molecule has 0 bridgehead atoms. The molecule has 3 rings (SSSR count). The first-order chi connectivity index (χ1) is 10.4. The molecule has 0 amide bonds. The van der Waals surface area contributed by atoms with Gasteiger partial charge in [-0.05, 0) is 17.8 Å². The third-order valence-electron chi connectivity index (χ3n) is 2.66. The summed E-state index contributed by atoms with van der Waals surface area (Å²) in [6.45, 7) is 0.932. The predicted molar refractivity (Wildman–Crippen MR) is 83.1 cm³/mol. The van der Waals surface area contributed by atoms with Gasteiger partial charge in [0.2, 0.25) is 0 Å². The highest BCUT2D eigenvalue weighted by Crippen LogP contribution is 2.33. The molecule has 108 valence electrons. The largest absolute Gasteiger partial charge is 0.461 e. The van der Waals surface area contributed by atoms with Crippen LogP contribution < -0.4 is 4.74 Å². The molecule has 5 nitrogen and oxygen atoms in total. The van der Waals surface area contributed by atoms with E-state index in [1.54, 1.807) is 24.6 Å². The summed E-state index contributed by atoms with van der Waals surface area (Å²) in [4.78, 5) is 13.2. The van der Waals surface area contributed by atoms with Crippen LogP contribution in [0.3, 0.4) is 0 Å². The molecule has 7 heteroatoms. The normalized spacial score (nSPS) is 10.9. The highest BCUT2D eigenvalue weighted by atomic mass is 32.2. The van der Waals surface area contributed by atoms with E-state index in [0.717, 1.165) is 20.3 Å². The van der Waals surface area contributed by atoms with Gasteiger partial charge in [0.1, 0.15) is 11.6 Å². The number of ether oxygens (including phenoxy) is 2. The molecule has 0 N–H and O–H groups in total. The molecular formula is C14H13N3O2S2. The van der Waals surface area contributed by atoms with Gasteiger partial charge in [-0.3, -0.25) is 0 Å². The van der Waals surface area contributed by atoms with Gasteiger partial charge in [0.15, 0.2) is 4.34 Å². The Morgan fingerprint density at radius 2 is 2.10 bits per heavy atom. The fourth-order valence-electron chi connectivity index (χ4n) is 1.73. The zero-order chi connectivity index (χ0) is 14.5. The fourth-order valence-corrected chi connectivity index (χ4v) is 3.37. The first-order valence-electron chi connectivity index (χ1n) is 6.32. The SMILES string of the molecule is COCCOc1nc(Sc2nccs2)c2ccccc2n1. The summed E-state index contributed by atoms with van der Waals surface area (Å²) >= 11 is 3.11. The van der Waals surface area contributed by atoms with Crippen LogP contribution in [0.4, 0.5) is 0 Å². The number of aromatic nitrogens is 3. The van der Waals surface area contributed by atoms with Crippen molar-refractivity contribution in [2.24, 2.45) is 0 Å². The molecule has 0 radical (unpaired) electrons. The summed E-state index contributed by atoms with van der Waals surface area (Å²) in [5, 5.41) is 3.79. The van der Waals surface area contributed by atoms with Gasteiger partial charge in [0.25, 0.3) is 0 Å². The van der Waals surface area contributed by atoms with Gasteiger partial charge in [-0.2, -0.15) is 9.97 Å². The monoisotopic (exact) mass is 319 g/mol. The Hall–Kier alpha value is -1.70. The van der Waals surface area contributed by atoms with Crippen molar-refractivity contribution in [3.8, 4) is 6.01 Å². The highest BCUT2D eigenvalue weighted by molar-refractivity contribution is 8.01. The van der Waals surface area contributed by atoms with Gasteiger partial charge < -0.3 is 9.47 Å². The lowest BCUT2D eigenvalue weighted by Crippen LogP contribution is -2.07. The maximum Gasteiger partial charge on any atom is 0.318 e. The molecule has 0 saturated heterocycles. The number of hydrogen-bond acceptors (Lipinski definition) is 7. The minimum atomic E-state index is 0.366. The van der Waals surface area contributed by atoms with Gasteiger partial charge in [0, 0.05) is 24.1 Å². The van der Waals surface area contributed by atoms with Gasteiger partial charge in [-0.25, -0.2) is 4.98 Å². The number of hydrogen-bond donors (Lipinski definition) is 0. The van der Waals surface area contributed by atoms with Crippen molar-refractivity contribution < 1.29 is 9.47 Å². The average molecular weight is 319 g/mol. The topological polar surface area (TPSA) is 57.1 Å². The molecule has 0 unspecified atom stereocenters. The lowest BCUT2D eigenvalue weighted by atomic mass is 10.2. The summed E-state index contributed by atoms with van der Waals surface area (Å²) in [5.74, 6) is 0. The van der Waals surface area contributed by atoms with Gasteiger partial charge in [-0.15, -0.1) is 11.3 Å². The van der Waals surface area contributed by atoms with Crippen LogP contribution in [0, 0.1) is 0 Å². The van der Waals surface area contributed by atoms with E-state index in [0.29, 0.717) is 19.2 Å². The zero-order valence-electron chi connectivity index (χ0n) is 11.4. The Balaban J connectivity index is 1.95. The van der Waals surface area contributed by atoms with Crippen LogP contribution >= 0.6 is 23.1 Å². The first-order valence-corrected chi connectivity index (χ1v) is 8.02. The molecule has 1 aromatic carbocycles. The van der Waals surface area contributed by atoms with Crippen molar-refractivity contribution >= 4 is 34.0 Å². The molecule has 0 aliphatic carbocycles. The van der Waals surface area contributed by atoms with Gasteiger partial charge >= 0.3 is 6.01 Å². The van der Waals surface area contributed by atoms with Crippen LogP contribution in [0.1, 0.15) is 0 Å². The van der Waals surface area contributed by atoms with Crippen LogP contribution in [-0.2, 0) is 4.74 Å². The van der Waals surface area contributed by atoms with E-state index < -0.39 is 0 Å². The lowest BCUT2D eigenvalue weighted by Gasteiger charge is -2.08. The molecule has 0 aliphatic heterocycles. The van der Waals surface area contributed by atoms with Crippen molar-refractivity contribution in [1.82, 2.24) is 15.0 Å². The third-order valence-corrected chi connectivity index (χ3v) is 4.55. The quantitative estimate of drug-likeness (QED) is 0.513. The van der Waals surface area contributed by atoms with Crippen molar-refractivity contribution in [3.05, 3.63) is 35.8 Å². The van der Waals surface area contributed by atoms with E-state index in [1.165, 1.54) is 11.8 Å². The first kappa shape index (κ1) is 14.2. The fraction of sp³-hybridized carbons (Fsp3) is 0.214. The number of methoxy groups -OCH3 is 1. The zero-order valence-corrected chi connectivity index (χ0v) is 13.0. The Bertz CT molecular complexity index is 719. The summed E-state index contributed by atoms with van der Waals surface area (Å²) in [6, 6.07) is 8.25. The van der Waals surface area contributed by atoms with Crippen LogP contribution in [0.15, 0.2) is 45.2 Å². The van der Waals surface area contributed by atoms with E-state index in [1.807, 2.05) is 29.6 Å². The smallest absolute Gasteiger partial charge is 0.318 e. The van der Waals surface area contributed by atoms with E-state index in [2.05, 4.69) is 15.0 Å². The number of rotatable bonds is 6. The summed E-state index contributed by atoms with van der Waals surface area (Å²) in [7, 11) is 1.63. The number of nitrogens with zero attached hydrogens (tertiary/aromatic N) is 3. The molecular weight excluding hydrogens is 306 g/mol. The van der Waals surface area contributed by atoms with Gasteiger partial charge in [-0.1, -0.05) is 18.2 Å². The second-order valence-corrected chi connectivity index (χ2v) is 6.20. The molecule has 0 saturated carbocycles. The predicted octanol–water partition coefficient (Wildman–Crippen LogP) is 3.26. The standard InChI is InChI=1S/C14H13N3O2S2/c1-18-7-8-19-13-16-11-5-3-2-4-10(11)12(17-13)21-14-15-6-9-20-14/h2-6,9H,7-8H2,1H3. The Labute approximate surface area is 130 Å². The highest BCUT2D eigenvalue weighted by Gasteiger charge is 2.11. The number of fused-ring (bicyclic) bond motifs is 1. The van der Waals surface area contributed by atoms with Crippen LogP contribution in [-0.4, -0.2) is 35.3 Å². The van der Waals surface area contributed by atoms with Crippen molar-refractivity contribution in [1.29, 1.82) is 0 Å². The summed E-state index contributed by atoms with van der Waals surface area (Å²) < 4.78 is 11.5. The number of para-hydroxylation sites is 1. The molecule has 3 aromatic rings. The van der Waals surface area contributed by atoms with Crippen molar-refractivity contribution in [2.45, 2.75) is 9.37 Å². The van der Waals surface area contributed by atoms with Crippen molar-refractivity contribution in [2.75, 3.05) is 20.3 Å². The summed E-state index contributed by atoms with van der Waals surface area (Å²) in [6.07, 6.45) is 1.78. The molecule has 0 spiro atoms. The van der Waals surface area contributed by atoms with E-state index in [9.17, 15) is 0 Å². The van der Waals surface area contributed by atoms with E-state index >= 15 is 0 Å². The Kier molecular flexibility index (Phi) is 4.64. The Morgan fingerprint density at radius 1 is 1.19 bits per heavy atom. The molecule has 0 fully saturated rings. The number of thiazole rings is 1. The van der Waals surface area contributed by atoms with Crippen LogP contribution in [0.2, 0.25) is 0 Å². The molecule has 0 aliphatic rings. The van der Waals surface area contributed by atoms with E-state index in [4.69, 9.17) is 9.47 Å². The Morgan fingerprint density at radius 3 is 2.90 bits per heavy atom. The van der Waals surface area contributed by atoms with E-state index in [-0.39, 0.29) is 0 Å². The number of benzene rings is 1. The van der Waals surface area contributed by atoms with Gasteiger partial charge in [0.05, 0.1) is 12.1 Å². The maximum atomic E-state index is 5.54. The van der Waals surface area contributed by atoms with Crippen molar-refractivity contribution in [3.63, 3.8) is 0 Å². The molecule has 0 atom stereocenters. The maximum absolute atomic E-state index is 5.54. The summed E-state index contributed by atoms with van der Waals surface area (Å²) in [5.41, 5.74) is 0.860. The second kappa shape index (κ2) is 6.84. The lowest BCUT2D eigenvalue weighted by molar-refractivity contribution is 0.140. The molecule has 21 heavy (non-hydrogen) atoms. The minimum absolute atomic E-state index is 0.366. The second-order valence-electron chi connectivity index (χ2n) is 4.07. The van der Waals surface area contributed by atoms with Crippen LogP contribution in [0.25, 0.3) is 10.9 Å². The molecule has 2 heterocycles.